The smallest absolute Gasteiger partial charge is 0.160 e. The number of rotatable bonds is 8. The zero-order chi connectivity index (χ0) is 40.2. The second-order valence-electron chi connectivity index (χ2n) is 15.0. The standard InChI is InChI=1S/C54H38N4O2/c1-59-42-26-21-35(22-27-42)48-34-49(36-23-28-43(60-2)29-24-36)56-54(55-48)39-12-9-11-37(31-39)38-25-30-53-47(32-38)46-17-5-8-20-52(46)58(53)41-14-10-13-40(33-41)57-50-18-6-3-15-44(50)45-16-4-7-19-51(45)57/h3-34H,1-2H3. The van der Waals surface area contributed by atoms with Gasteiger partial charge in [0.1, 0.15) is 11.5 Å². The Morgan fingerprint density at radius 3 is 1.30 bits per heavy atom. The fraction of sp³-hybridized carbons (Fsp3) is 0.0370. The molecule has 11 rings (SSSR count). The predicted molar refractivity (Wildman–Crippen MR) is 246 cm³/mol. The molecule has 0 fully saturated rings. The summed E-state index contributed by atoms with van der Waals surface area (Å²) < 4.78 is 15.6. The van der Waals surface area contributed by atoms with Crippen molar-refractivity contribution in [2.24, 2.45) is 0 Å². The molecule has 0 aliphatic rings. The highest BCUT2D eigenvalue weighted by atomic mass is 16.5. The highest BCUT2D eigenvalue weighted by molar-refractivity contribution is 6.11. The Morgan fingerprint density at radius 2 is 0.767 bits per heavy atom. The van der Waals surface area contributed by atoms with E-state index in [-0.39, 0.29) is 0 Å². The van der Waals surface area contributed by atoms with E-state index in [0.29, 0.717) is 5.82 Å². The lowest BCUT2D eigenvalue weighted by Crippen LogP contribution is -1.98. The van der Waals surface area contributed by atoms with Crippen LogP contribution in [0, 0.1) is 0 Å². The van der Waals surface area contributed by atoms with Gasteiger partial charge in [-0.1, -0.05) is 84.9 Å². The number of hydrogen-bond donors (Lipinski definition) is 0. The minimum atomic E-state index is 0.650. The van der Waals surface area contributed by atoms with Gasteiger partial charge in [-0.05, 0) is 120 Å². The van der Waals surface area contributed by atoms with Crippen LogP contribution >= 0.6 is 0 Å². The van der Waals surface area contributed by atoms with E-state index in [0.717, 1.165) is 73.1 Å². The van der Waals surface area contributed by atoms with E-state index in [1.165, 1.54) is 32.6 Å². The van der Waals surface area contributed by atoms with Crippen molar-refractivity contribution in [3.8, 4) is 67.9 Å². The molecule has 0 saturated heterocycles. The molecule has 6 heteroatoms. The van der Waals surface area contributed by atoms with Crippen LogP contribution in [-0.2, 0) is 0 Å². The predicted octanol–water partition coefficient (Wildman–Crippen LogP) is 13.4. The number of fused-ring (bicyclic) bond motifs is 6. The minimum absolute atomic E-state index is 0.650. The van der Waals surface area contributed by atoms with Crippen molar-refractivity contribution in [1.82, 2.24) is 19.1 Å². The highest BCUT2D eigenvalue weighted by Crippen LogP contribution is 2.38. The van der Waals surface area contributed by atoms with Crippen LogP contribution in [0.2, 0.25) is 0 Å². The maximum Gasteiger partial charge on any atom is 0.160 e. The molecular weight excluding hydrogens is 737 g/mol. The van der Waals surface area contributed by atoms with Crippen LogP contribution < -0.4 is 9.47 Å². The third-order valence-corrected chi connectivity index (χ3v) is 11.6. The Morgan fingerprint density at radius 1 is 0.333 bits per heavy atom. The fourth-order valence-corrected chi connectivity index (χ4v) is 8.64. The SMILES string of the molecule is COc1ccc(-c2cc(-c3ccc(OC)cc3)nc(-c3cccc(-c4ccc5c(c4)c4ccccc4n5-c4cccc(-n5c6ccccc6c6ccccc65)c4)c3)n2)cc1. The topological polar surface area (TPSA) is 54.1 Å². The fourth-order valence-electron chi connectivity index (χ4n) is 8.64. The van der Waals surface area contributed by atoms with Gasteiger partial charge in [-0.2, -0.15) is 0 Å². The molecule has 0 aliphatic carbocycles. The number of benzene rings is 8. The van der Waals surface area contributed by atoms with Crippen molar-refractivity contribution in [3.63, 3.8) is 0 Å². The van der Waals surface area contributed by atoms with Gasteiger partial charge in [-0.15, -0.1) is 0 Å². The van der Waals surface area contributed by atoms with Crippen molar-refractivity contribution < 1.29 is 9.47 Å². The first kappa shape index (κ1) is 35.2. The molecule has 8 aromatic carbocycles. The van der Waals surface area contributed by atoms with Crippen molar-refractivity contribution >= 4 is 43.6 Å². The second kappa shape index (κ2) is 14.5. The van der Waals surface area contributed by atoms with Crippen LogP contribution in [-0.4, -0.2) is 33.3 Å². The van der Waals surface area contributed by atoms with Crippen LogP contribution in [0.4, 0.5) is 0 Å². The van der Waals surface area contributed by atoms with E-state index in [9.17, 15) is 0 Å². The maximum absolute atomic E-state index is 5.44. The molecule has 60 heavy (non-hydrogen) atoms. The van der Waals surface area contributed by atoms with Crippen LogP contribution in [0.25, 0.3) is 100 Å². The summed E-state index contributed by atoms with van der Waals surface area (Å²) in [7, 11) is 3.35. The summed E-state index contributed by atoms with van der Waals surface area (Å²) >= 11 is 0. The van der Waals surface area contributed by atoms with E-state index in [4.69, 9.17) is 19.4 Å². The van der Waals surface area contributed by atoms with Crippen molar-refractivity contribution in [2.75, 3.05) is 14.2 Å². The number of hydrogen-bond acceptors (Lipinski definition) is 4. The third kappa shape index (κ3) is 5.96. The van der Waals surface area contributed by atoms with Crippen LogP contribution in [0.1, 0.15) is 0 Å². The molecule has 0 amide bonds. The van der Waals surface area contributed by atoms with Gasteiger partial charge < -0.3 is 18.6 Å². The Labute approximate surface area is 347 Å². The van der Waals surface area contributed by atoms with Gasteiger partial charge >= 0.3 is 0 Å². The second-order valence-corrected chi connectivity index (χ2v) is 15.0. The maximum atomic E-state index is 5.44. The summed E-state index contributed by atoms with van der Waals surface area (Å²) in [6.07, 6.45) is 0. The van der Waals surface area contributed by atoms with E-state index >= 15 is 0 Å². The number of nitrogens with zero attached hydrogens (tertiary/aromatic N) is 4. The number of para-hydroxylation sites is 3. The monoisotopic (exact) mass is 774 g/mol. The Kier molecular flexibility index (Phi) is 8.48. The van der Waals surface area contributed by atoms with Gasteiger partial charge in [0.15, 0.2) is 5.82 Å². The summed E-state index contributed by atoms with van der Waals surface area (Å²) in [4.78, 5) is 10.3. The largest absolute Gasteiger partial charge is 0.497 e. The molecular formula is C54H38N4O2. The molecule has 3 aromatic heterocycles. The van der Waals surface area contributed by atoms with E-state index in [1.807, 2.05) is 54.6 Å². The summed E-state index contributed by atoms with van der Waals surface area (Å²) in [5.74, 6) is 2.24. The quantitative estimate of drug-likeness (QED) is 0.154. The van der Waals surface area contributed by atoms with Crippen molar-refractivity contribution in [3.05, 3.63) is 194 Å². The average Bonchev–Trinajstić information content (AvgIpc) is 3.84. The van der Waals surface area contributed by atoms with E-state index < -0.39 is 0 Å². The van der Waals surface area contributed by atoms with Gasteiger partial charge in [0, 0.05) is 49.6 Å². The van der Waals surface area contributed by atoms with Crippen molar-refractivity contribution in [1.29, 1.82) is 0 Å². The van der Waals surface area contributed by atoms with Gasteiger partial charge in [-0.3, -0.25) is 0 Å². The summed E-state index contributed by atoms with van der Waals surface area (Å²) in [5.41, 5.74) is 13.7. The number of aromatic nitrogens is 4. The average molecular weight is 775 g/mol. The summed E-state index contributed by atoms with van der Waals surface area (Å²) in [6, 6.07) is 68.3. The summed E-state index contributed by atoms with van der Waals surface area (Å²) in [6.45, 7) is 0. The van der Waals surface area contributed by atoms with Crippen LogP contribution in [0.15, 0.2) is 194 Å². The van der Waals surface area contributed by atoms with Gasteiger partial charge in [0.2, 0.25) is 0 Å². The first-order chi connectivity index (χ1) is 29.6. The molecule has 0 radical (unpaired) electrons. The zero-order valence-electron chi connectivity index (χ0n) is 33.1. The Balaban J connectivity index is 1.02. The number of methoxy groups -OCH3 is 2. The first-order valence-corrected chi connectivity index (χ1v) is 20.0. The Bertz CT molecular complexity index is 3280. The molecule has 11 aromatic rings. The molecule has 6 nitrogen and oxygen atoms in total. The lowest BCUT2D eigenvalue weighted by molar-refractivity contribution is 0.415. The first-order valence-electron chi connectivity index (χ1n) is 20.0. The normalized spacial score (nSPS) is 11.5. The number of ether oxygens (including phenoxy) is 2. The third-order valence-electron chi connectivity index (χ3n) is 11.6. The van der Waals surface area contributed by atoms with Crippen LogP contribution in [0.3, 0.4) is 0 Å². The molecule has 0 aliphatic heterocycles. The minimum Gasteiger partial charge on any atom is -0.497 e. The van der Waals surface area contributed by atoms with Crippen LogP contribution in [0.5, 0.6) is 11.5 Å². The highest BCUT2D eigenvalue weighted by Gasteiger charge is 2.17. The summed E-state index contributed by atoms with van der Waals surface area (Å²) in [5, 5.41) is 4.89. The van der Waals surface area contributed by atoms with Crippen molar-refractivity contribution in [2.45, 2.75) is 0 Å². The lowest BCUT2D eigenvalue weighted by Gasteiger charge is -2.13. The molecule has 0 N–H and O–H groups in total. The van der Waals surface area contributed by atoms with Gasteiger partial charge in [0.05, 0.1) is 47.7 Å². The molecule has 0 atom stereocenters. The molecule has 0 bridgehead atoms. The van der Waals surface area contributed by atoms with Gasteiger partial charge in [-0.25, -0.2) is 9.97 Å². The van der Waals surface area contributed by atoms with Gasteiger partial charge in [0.25, 0.3) is 0 Å². The van der Waals surface area contributed by atoms with E-state index in [1.54, 1.807) is 14.2 Å². The molecule has 0 unspecified atom stereocenters. The van der Waals surface area contributed by atoms with E-state index in [2.05, 4.69) is 149 Å². The molecule has 0 saturated carbocycles. The molecule has 286 valence electrons. The Hall–Kier alpha value is -7.96. The zero-order valence-corrected chi connectivity index (χ0v) is 33.1. The lowest BCUT2D eigenvalue weighted by atomic mass is 10.00. The molecule has 3 heterocycles. The molecule has 0 spiro atoms.